The van der Waals surface area contributed by atoms with E-state index in [0.717, 1.165) is 42.6 Å². The minimum Gasteiger partial charge on any atom is -0.399 e. The summed E-state index contributed by atoms with van der Waals surface area (Å²) in [6.45, 7) is 2.09. The van der Waals surface area contributed by atoms with Crippen LogP contribution in [-0.2, 0) is 17.6 Å². The van der Waals surface area contributed by atoms with Crippen LogP contribution in [0, 0.1) is 0 Å². The van der Waals surface area contributed by atoms with E-state index in [1.807, 2.05) is 42.5 Å². The minimum atomic E-state index is -0.0252. The van der Waals surface area contributed by atoms with Crippen molar-refractivity contribution in [2.45, 2.75) is 39.0 Å². The molecular formula is C23H26N4O. The van der Waals surface area contributed by atoms with Gasteiger partial charge in [0.1, 0.15) is 0 Å². The molecule has 5 heteroatoms. The number of rotatable bonds is 8. The molecule has 0 aliphatic heterocycles. The standard InChI is InChI=1S/C23H26N4O/c1-2-7-20-23(25-16-21(26-20)18-12-14-19(24)15-13-18)27-22(28)11-6-10-17-8-4-3-5-9-17/h3-5,8-9,12-16H,2,6-7,10-11,24H2,1H3,(H,25,27,28). The van der Waals surface area contributed by atoms with Crippen molar-refractivity contribution >= 4 is 17.4 Å². The Morgan fingerprint density at radius 2 is 1.79 bits per heavy atom. The number of anilines is 2. The number of benzene rings is 2. The summed E-state index contributed by atoms with van der Waals surface area (Å²) >= 11 is 0. The lowest BCUT2D eigenvalue weighted by Gasteiger charge is -2.11. The molecule has 5 nitrogen and oxygen atoms in total. The fourth-order valence-corrected chi connectivity index (χ4v) is 3.03. The highest BCUT2D eigenvalue weighted by Gasteiger charge is 2.12. The van der Waals surface area contributed by atoms with Crippen LogP contribution in [0.15, 0.2) is 60.8 Å². The number of aryl methyl sites for hydroxylation is 2. The van der Waals surface area contributed by atoms with Gasteiger partial charge in [-0.25, -0.2) is 9.97 Å². The van der Waals surface area contributed by atoms with Gasteiger partial charge in [-0.05, 0) is 37.0 Å². The summed E-state index contributed by atoms with van der Waals surface area (Å²) < 4.78 is 0. The van der Waals surface area contributed by atoms with Crippen LogP contribution in [0.1, 0.15) is 37.4 Å². The topological polar surface area (TPSA) is 80.9 Å². The van der Waals surface area contributed by atoms with Gasteiger partial charge in [0.25, 0.3) is 0 Å². The largest absolute Gasteiger partial charge is 0.399 e. The number of nitrogens with two attached hydrogens (primary N) is 1. The molecule has 3 aromatic rings. The maximum absolute atomic E-state index is 12.4. The quantitative estimate of drug-likeness (QED) is 0.563. The van der Waals surface area contributed by atoms with Gasteiger partial charge in [0.2, 0.25) is 5.91 Å². The van der Waals surface area contributed by atoms with Crippen LogP contribution in [0.2, 0.25) is 0 Å². The van der Waals surface area contributed by atoms with E-state index in [1.54, 1.807) is 6.20 Å². The van der Waals surface area contributed by atoms with Crippen molar-refractivity contribution in [3.8, 4) is 11.3 Å². The molecule has 0 radical (unpaired) electrons. The summed E-state index contributed by atoms with van der Waals surface area (Å²) in [4.78, 5) is 21.6. The zero-order chi connectivity index (χ0) is 19.8. The summed E-state index contributed by atoms with van der Waals surface area (Å²) in [7, 11) is 0. The van der Waals surface area contributed by atoms with Gasteiger partial charge in [0.05, 0.1) is 17.6 Å². The number of nitrogens with one attached hydrogen (secondary N) is 1. The summed E-state index contributed by atoms with van der Waals surface area (Å²) in [5.74, 6) is 0.536. The Bertz CT molecular complexity index is 908. The highest BCUT2D eigenvalue weighted by Crippen LogP contribution is 2.22. The first-order valence-electron chi connectivity index (χ1n) is 9.71. The molecule has 0 atom stereocenters. The van der Waals surface area contributed by atoms with Gasteiger partial charge in [-0.2, -0.15) is 0 Å². The van der Waals surface area contributed by atoms with Crippen molar-refractivity contribution in [1.29, 1.82) is 0 Å². The van der Waals surface area contributed by atoms with Crippen molar-refractivity contribution < 1.29 is 4.79 Å². The SMILES string of the molecule is CCCc1nc(-c2ccc(N)cc2)cnc1NC(=O)CCCc1ccccc1. The smallest absolute Gasteiger partial charge is 0.225 e. The van der Waals surface area contributed by atoms with Gasteiger partial charge in [0, 0.05) is 17.7 Å². The second-order valence-corrected chi connectivity index (χ2v) is 6.81. The van der Waals surface area contributed by atoms with E-state index in [4.69, 9.17) is 10.7 Å². The molecule has 1 amide bonds. The predicted molar refractivity (Wildman–Crippen MR) is 114 cm³/mol. The number of nitrogen functional groups attached to an aromatic ring is 1. The van der Waals surface area contributed by atoms with Crippen LogP contribution in [0.3, 0.4) is 0 Å². The third kappa shape index (κ3) is 5.39. The molecule has 0 saturated carbocycles. The molecular weight excluding hydrogens is 348 g/mol. The van der Waals surface area contributed by atoms with Gasteiger partial charge in [-0.3, -0.25) is 4.79 Å². The molecule has 3 N–H and O–H groups in total. The molecule has 1 heterocycles. The third-order valence-corrected chi connectivity index (χ3v) is 4.51. The van der Waals surface area contributed by atoms with Gasteiger partial charge < -0.3 is 11.1 Å². The minimum absolute atomic E-state index is 0.0252. The maximum atomic E-state index is 12.4. The predicted octanol–water partition coefficient (Wildman–Crippen LogP) is 4.64. The third-order valence-electron chi connectivity index (χ3n) is 4.51. The highest BCUT2D eigenvalue weighted by atomic mass is 16.1. The van der Waals surface area contributed by atoms with E-state index in [0.29, 0.717) is 17.9 Å². The van der Waals surface area contributed by atoms with Gasteiger partial charge >= 0.3 is 0 Å². The second kappa shape index (κ2) is 9.65. The van der Waals surface area contributed by atoms with E-state index >= 15 is 0 Å². The van der Waals surface area contributed by atoms with E-state index in [9.17, 15) is 4.79 Å². The Morgan fingerprint density at radius 3 is 2.50 bits per heavy atom. The summed E-state index contributed by atoms with van der Waals surface area (Å²) in [5, 5.41) is 2.94. The molecule has 0 aliphatic carbocycles. The molecule has 0 spiro atoms. The van der Waals surface area contributed by atoms with E-state index in [1.165, 1.54) is 5.56 Å². The number of hydrogen-bond donors (Lipinski definition) is 2. The fraction of sp³-hybridized carbons (Fsp3) is 0.261. The van der Waals surface area contributed by atoms with Gasteiger partial charge in [-0.1, -0.05) is 55.8 Å². The lowest BCUT2D eigenvalue weighted by Crippen LogP contribution is -2.15. The molecule has 0 unspecified atom stereocenters. The van der Waals surface area contributed by atoms with Crippen molar-refractivity contribution in [2.75, 3.05) is 11.1 Å². The molecule has 0 saturated heterocycles. The Kier molecular flexibility index (Phi) is 6.73. The van der Waals surface area contributed by atoms with Crippen LogP contribution < -0.4 is 11.1 Å². The fourth-order valence-electron chi connectivity index (χ4n) is 3.03. The molecule has 1 aromatic heterocycles. The lowest BCUT2D eigenvalue weighted by atomic mass is 10.1. The highest BCUT2D eigenvalue weighted by molar-refractivity contribution is 5.90. The Labute approximate surface area is 166 Å². The van der Waals surface area contributed by atoms with E-state index in [2.05, 4.69) is 29.4 Å². The van der Waals surface area contributed by atoms with E-state index < -0.39 is 0 Å². The number of nitrogens with zero attached hydrogens (tertiary/aromatic N) is 2. The van der Waals surface area contributed by atoms with Crippen LogP contribution >= 0.6 is 0 Å². The summed E-state index contributed by atoms with van der Waals surface area (Å²) in [6, 6.07) is 17.7. The van der Waals surface area contributed by atoms with Crippen LogP contribution in [-0.4, -0.2) is 15.9 Å². The number of carbonyl (C=O) groups is 1. The molecule has 0 fully saturated rings. The monoisotopic (exact) mass is 374 g/mol. The Morgan fingerprint density at radius 1 is 1.04 bits per heavy atom. The van der Waals surface area contributed by atoms with Crippen molar-refractivity contribution in [3.63, 3.8) is 0 Å². The summed E-state index contributed by atoms with van der Waals surface area (Å²) in [6.07, 6.45) is 5.53. The summed E-state index contributed by atoms with van der Waals surface area (Å²) in [5.41, 5.74) is 10.3. The lowest BCUT2D eigenvalue weighted by molar-refractivity contribution is -0.116. The molecule has 0 bridgehead atoms. The molecule has 2 aromatic carbocycles. The average molecular weight is 374 g/mol. The van der Waals surface area contributed by atoms with E-state index in [-0.39, 0.29) is 5.91 Å². The number of aromatic nitrogens is 2. The first kappa shape index (κ1) is 19.5. The number of carbonyl (C=O) groups excluding carboxylic acids is 1. The van der Waals surface area contributed by atoms with Crippen molar-refractivity contribution in [3.05, 3.63) is 72.1 Å². The van der Waals surface area contributed by atoms with Crippen molar-refractivity contribution in [2.24, 2.45) is 0 Å². The first-order valence-corrected chi connectivity index (χ1v) is 9.71. The molecule has 3 rings (SSSR count). The maximum Gasteiger partial charge on any atom is 0.225 e. The molecule has 28 heavy (non-hydrogen) atoms. The normalized spacial score (nSPS) is 10.6. The number of amides is 1. The van der Waals surface area contributed by atoms with Crippen LogP contribution in [0.4, 0.5) is 11.5 Å². The zero-order valence-electron chi connectivity index (χ0n) is 16.2. The Balaban J connectivity index is 1.65. The second-order valence-electron chi connectivity index (χ2n) is 6.81. The zero-order valence-corrected chi connectivity index (χ0v) is 16.2. The van der Waals surface area contributed by atoms with Crippen molar-refractivity contribution in [1.82, 2.24) is 9.97 Å². The Hall–Kier alpha value is -3.21. The average Bonchev–Trinajstić information content (AvgIpc) is 2.71. The molecule has 144 valence electrons. The van der Waals surface area contributed by atoms with Gasteiger partial charge in [-0.15, -0.1) is 0 Å². The number of hydrogen-bond acceptors (Lipinski definition) is 4. The molecule has 0 aliphatic rings. The first-order chi connectivity index (χ1) is 13.7. The van der Waals surface area contributed by atoms with Crippen LogP contribution in [0.25, 0.3) is 11.3 Å². The van der Waals surface area contributed by atoms with Crippen LogP contribution in [0.5, 0.6) is 0 Å². The van der Waals surface area contributed by atoms with Gasteiger partial charge in [0.15, 0.2) is 5.82 Å².